The van der Waals surface area contributed by atoms with Crippen molar-refractivity contribution < 1.29 is 9.59 Å². The molecule has 3 aliphatic carbocycles. The Kier molecular flexibility index (Phi) is 5.53. The maximum atomic E-state index is 12.6. The predicted octanol–water partition coefficient (Wildman–Crippen LogP) is 4.77. The number of hydrogen-bond acceptors (Lipinski definition) is 2. The minimum atomic E-state index is 0.258. The van der Waals surface area contributed by atoms with Gasteiger partial charge < -0.3 is 10.2 Å². The lowest BCUT2D eigenvalue weighted by atomic mass is 9.47. The van der Waals surface area contributed by atoms with Gasteiger partial charge in [0.15, 0.2) is 0 Å². The Morgan fingerprint density at radius 1 is 1.07 bits per heavy atom. The van der Waals surface area contributed by atoms with Crippen molar-refractivity contribution in [1.82, 2.24) is 10.2 Å². The van der Waals surface area contributed by atoms with Gasteiger partial charge in [0.1, 0.15) is 0 Å². The molecule has 0 radical (unpaired) electrons. The molecular weight excluding hydrogens is 360 g/mol. The van der Waals surface area contributed by atoms with Crippen LogP contribution in [0.3, 0.4) is 0 Å². The SMILES string of the molecule is CC(C)CCC(=O)NC1CC[C@H]2[C@@H]3CC[C@H]4N(C)C(=O)CC[C@]4(C)[C@H]3CC[C@]12C. The summed E-state index contributed by atoms with van der Waals surface area (Å²) in [5.41, 5.74) is 0.541. The molecule has 4 aliphatic rings. The Bertz CT molecular complexity index is 661. The zero-order valence-corrected chi connectivity index (χ0v) is 19.3. The minimum Gasteiger partial charge on any atom is -0.353 e. The smallest absolute Gasteiger partial charge is 0.222 e. The molecule has 4 nitrogen and oxygen atoms in total. The summed E-state index contributed by atoms with van der Waals surface area (Å²) in [5.74, 6) is 3.43. The molecule has 4 rings (SSSR count). The number of nitrogens with zero attached hydrogens (tertiary/aromatic N) is 1. The fraction of sp³-hybridized carbons (Fsp3) is 0.920. The highest BCUT2D eigenvalue weighted by Gasteiger charge is 2.61. The molecule has 2 amide bonds. The van der Waals surface area contributed by atoms with Gasteiger partial charge in [0, 0.05) is 32.0 Å². The van der Waals surface area contributed by atoms with Crippen molar-refractivity contribution >= 4 is 11.8 Å². The summed E-state index contributed by atoms with van der Waals surface area (Å²) in [6, 6.07) is 0.788. The Balaban J connectivity index is 1.48. The van der Waals surface area contributed by atoms with Crippen molar-refractivity contribution in [1.29, 1.82) is 0 Å². The maximum Gasteiger partial charge on any atom is 0.222 e. The highest BCUT2D eigenvalue weighted by atomic mass is 16.2. The van der Waals surface area contributed by atoms with E-state index >= 15 is 0 Å². The molecule has 0 aromatic carbocycles. The maximum absolute atomic E-state index is 12.6. The summed E-state index contributed by atoms with van der Waals surface area (Å²) >= 11 is 0. The monoisotopic (exact) mass is 402 g/mol. The quantitative estimate of drug-likeness (QED) is 0.736. The molecule has 1 N–H and O–H groups in total. The summed E-state index contributed by atoms with van der Waals surface area (Å²) in [5, 5.41) is 3.46. The lowest BCUT2D eigenvalue weighted by Gasteiger charge is -2.61. The Labute approximate surface area is 177 Å². The number of rotatable bonds is 4. The van der Waals surface area contributed by atoms with E-state index in [9.17, 15) is 9.59 Å². The fourth-order valence-corrected chi connectivity index (χ4v) is 8.07. The highest BCUT2D eigenvalue weighted by Crippen LogP contribution is 2.64. The van der Waals surface area contributed by atoms with E-state index in [4.69, 9.17) is 0 Å². The Morgan fingerprint density at radius 3 is 2.52 bits per heavy atom. The molecule has 4 fully saturated rings. The van der Waals surface area contributed by atoms with Crippen LogP contribution < -0.4 is 5.32 Å². The number of carbonyl (C=O) groups excluding carboxylic acids is 2. The van der Waals surface area contributed by atoms with E-state index in [0.717, 1.165) is 49.9 Å². The lowest BCUT2D eigenvalue weighted by Crippen LogP contribution is -2.62. The van der Waals surface area contributed by atoms with Crippen molar-refractivity contribution in [3.05, 3.63) is 0 Å². The van der Waals surface area contributed by atoms with Gasteiger partial charge in [-0.05, 0) is 85.9 Å². The molecule has 164 valence electrons. The number of amides is 2. The molecule has 3 saturated carbocycles. The number of carbonyl (C=O) groups is 2. The number of likely N-dealkylation sites (tertiary alicyclic amines) is 1. The average molecular weight is 403 g/mol. The molecule has 1 unspecified atom stereocenters. The highest BCUT2D eigenvalue weighted by molar-refractivity contribution is 5.77. The number of piperidine rings is 1. The third-order valence-electron chi connectivity index (χ3n) is 9.84. The summed E-state index contributed by atoms with van der Waals surface area (Å²) < 4.78 is 0. The molecule has 0 spiro atoms. The van der Waals surface area contributed by atoms with E-state index in [2.05, 4.69) is 37.9 Å². The predicted molar refractivity (Wildman–Crippen MR) is 116 cm³/mol. The van der Waals surface area contributed by atoms with Gasteiger partial charge in [0.2, 0.25) is 11.8 Å². The van der Waals surface area contributed by atoms with Crippen molar-refractivity contribution in [3.8, 4) is 0 Å². The van der Waals surface area contributed by atoms with Crippen LogP contribution in [0, 0.1) is 34.5 Å². The van der Waals surface area contributed by atoms with Crippen LogP contribution in [-0.2, 0) is 9.59 Å². The molecule has 0 aromatic rings. The first-order valence-electron chi connectivity index (χ1n) is 12.2. The van der Waals surface area contributed by atoms with Crippen molar-refractivity contribution in [2.75, 3.05) is 7.05 Å². The standard InChI is InChI=1S/C25H42N2O2/c1-16(2)6-11-22(28)26-20-9-8-18-17-7-10-21-25(4,15-13-23(29)27(21)5)19(17)12-14-24(18,20)3/h16-21H,6-15H2,1-5H3,(H,26,28)/t17-,18-,19-,20?,21+,24-,25+/m0/s1. The topological polar surface area (TPSA) is 49.4 Å². The van der Waals surface area contributed by atoms with Crippen LogP contribution in [0.5, 0.6) is 0 Å². The normalized spacial score (nSPS) is 44.3. The number of hydrogen-bond donors (Lipinski definition) is 1. The van der Waals surface area contributed by atoms with E-state index in [0.29, 0.717) is 30.3 Å². The molecule has 0 bridgehead atoms. The van der Waals surface area contributed by atoms with Crippen molar-refractivity contribution in [2.24, 2.45) is 34.5 Å². The Morgan fingerprint density at radius 2 is 1.79 bits per heavy atom. The van der Waals surface area contributed by atoms with Gasteiger partial charge in [-0.1, -0.05) is 27.7 Å². The first kappa shape index (κ1) is 21.2. The summed E-state index contributed by atoms with van der Waals surface area (Å²) in [7, 11) is 2.04. The van der Waals surface area contributed by atoms with E-state index in [1.54, 1.807) is 0 Å². The van der Waals surface area contributed by atoms with Gasteiger partial charge in [-0.25, -0.2) is 0 Å². The lowest BCUT2D eigenvalue weighted by molar-refractivity contribution is -0.157. The molecule has 1 heterocycles. The van der Waals surface area contributed by atoms with E-state index in [1.807, 2.05) is 7.05 Å². The minimum absolute atomic E-state index is 0.258. The van der Waals surface area contributed by atoms with Crippen molar-refractivity contribution in [2.45, 2.75) is 104 Å². The Hall–Kier alpha value is -1.06. The van der Waals surface area contributed by atoms with Crippen LogP contribution in [0.2, 0.25) is 0 Å². The molecule has 4 heteroatoms. The molecule has 29 heavy (non-hydrogen) atoms. The molecule has 0 aromatic heterocycles. The van der Waals surface area contributed by atoms with Crippen LogP contribution in [0.25, 0.3) is 0 Å². The molecular formula is C25H42N2O2. The zero-order valence-electron chi connectivity index (χ0n) is 19.3. The summed E-state index contributed by atoms with van der Waals surface area (Å²) in [4.78, 5) is 27.0. The van der Waals surface area contributed by atoms with Gasteiger partial charge >= 0.3 is 0 Å². The van der Waals surface area contributed by atoms with E-state index < -0.39 is 0 Å². The van der Waals surface area contributed by atoms with Crippen LogP contribution >= 0.6 is 0 Å². The van der Waals surface area contributed by atoms with Gasteiger partial charge in [0.25, 0.3) is 0 Å². The zero-order chi connectivity index (χ0) is 21.0. The number of nitrogens with one attached hydrogen (secondary N) is 1. The van der Waals surface area contributed by atoms with E-state index in [-0.39, 0.29) is 16.7 Å². The third-order valence-corrected chi connectivity index (χ3v) is 9.84. The second-order valence-corrected chi connectivity index (χ2v) is 11.7. The van der Waals surface area contributed by atoms with Crippen LogP contribution in [-0.4, -0.2) is 35.8 Å². The molecule has 1 saturated heterocycles. The first-order chi connectivity index (χ1) is 13.7. The second-order valence-electron chi connectivity index (χ2n) is 11.7. The van der Waals surface area contributed by atoms with E-state index in [1.165, 1.54) is 25.7 Å². The van der Waals surface area contributed by atoms with Gasteiger partial charge in [-0.2, -0.15) is 0 Å². The van der Waals surface area contributed by atoms with Gasteiger partial charge in [0.05, 0.1) is 0 Å². The van der Waals surface area contributed by atoms with Crippen LogP contribution in [0.15, 0.2) is 0 Å². The average Bonchev–Trinajstić information content (AvgIpc) is 3.00. The fourth-order valence-electron chi connectivity index (χ4n) is 8.07. The number of fused-ring (bicyclic) bond motifs is 5. The third kappa shape index (κ3) is 3.43. The van der Waals surface area contributed by atoms with Crippen molar-refractivity contribution in [3.63, 3.8) is 0 Å². The van der Waals surface area contributed by atoms with Crippen LogP contribution in [0.1, 0.15) is 91.9 Å². The summed E-state index contributed by atoms with van der Waals surface area (Å²) in [6.07, 6.45) is 10.8. The second kappa shape index (κ2) is 7.57. The summed E-state index contributed by atoms with van der Waals surface area (Å²) in [6.45, 7) is 9.34. The van der Waals surface area contributed by atoms with Crippen LogP contribution in [0.4, 0.5) is 0 Å². The first-order valence-corrected chi connectivity index (χ1v) is 12.2. The molecule has 7 atom stereocenters. The van der Waals surface area contributed by atoms with Gasteiger partial charge in [-0.15, -0.1) is 0 Å². The largest absolute Gasteiger partial charge is 0.353 e. The molecule has 1 aliphatic heterocycles. The van der Waals surface area contributed by atoms with Gasteiger partial charge in [-0.3, -0.25) is 9.59 Å².